The van der Waals surface area contributed by atoms with E-state index >= 15 is 0 Å². The van der Waals surface area contributed by atoms with Gasteiger partial charge in [-0.25, -0.2) is 0 Å². The summed E-state index contributed by atoms with van der Waals surface area (Å²) >= 11 is 0. The number of hydrogen-bond acceptors (Lipinski definition) is 4. The summed E-state index contributed by atoms with van der Waals surface area (Å²) in [5.74, 6) is -0.546. The van der Waals surface area contributed by atoms with Crippen LogP contribution in [-0.2, 0) is 0 Å². The highest BCUT2D eigenvalue weighted by Gasteiger charge is 2.11. The maximum Gasteiger partial charge on any atom is 0.267 e. The molecule has 0 saturated carbocycles. The third-order valence-corrected chi connectivity index (χ3v) is 3.20. The van der Waals surface area contributed by atoms with Gasteiger partial charge in [-0.15, -0.1) is 0 Å². The topological polar surface area (TPSA) is 81.8 Å². The molecule has 0 saturated heterocycles. The fourth-order valence-corrected chi connectivity index (χ4v) is 2.14. The number of pyridine rings is 3. The van der Waals surface area contributed by atoms with Crippen molar-refractivity contribution in [2.45, 2.75) is 6.92 Å². The van der Waals surface area contributed by atoms with Gasteiger partial charge in [0, 0.05) is 41.1 Å². The number of nitrogens with zero attached hydrogens (tertiary/aromatic N) is 3. The number of amides is 1. The van der Waals surface area contributed by atoms with Gasteiger partial charge in [-0.3, -0.25) is 19.7 Å². The van der Waals surface area contributed by atoms with Crippen LogP contribution in [0, 0.1) is 6.92 Å². The first-order valence-corrected chi connectivity index (χ1v) is 6.12. The zero-order chi connectivity index (χ0) is 14.1. The van der Waals surface area contributed by atoms with Crippen LogP contribution < -0.4 is 5.73 Å². The molecule has 1 amide bonds. The first kappa shape index (κ1) is 12.2. The molecule has 0 aliphatic heterocycles. The molecule has 0 atom stereocenters. The molecular weight excluding hydrogens is 252 g/mol. The molecular formula is C15H12N4O. The Hall–Kier alpha value is -2.82. The van der Waals surface area contributed by atoms with Gasteiger partial charge >= 0.3 is 0 Å². The van der Waals surface area contributed by atoms with E-state index in [1.54, 1.807) is 30.9 Å². The first-order chi connectivity index (χ1) is 9.66. The molecule has 0 aliphatic rings. The van der Waals surface area contributed by atoms with Gasteiger partial charge in [-0.05, 0) is 30.7 Å². The molecule has 2 N–H and O–H groups in total. The molecule has 3 rings (SSSR count). The Morgan fingerprint density at radius 2 is 2.00 bits per heavy atom. The summed E-state index contributed by atoms with van der Waals surface area (Å²) in [5, 5.41) is 1.53. The molecule has 0 unspecified atom stereocenters. The average molecular weight is 264 g/mol. The van der Waals surface area contributed by atoms with E-state index < -0.39 is 5.91 Å². The zero-order valence-electron chi connectivity index (χ0n) is 10.9. The molecule has 0 fully saturated rings. The lowest BCUT2D eigenvalue weighted by molar-refractivity contribution is 0.0997. The smallest absolute Gasteiger partial charge is 0.267 e. The molecule has 0 bridgehead atoms. The standard InChI is InChI=1S/C15H12N4O/c1-9-2-4-17-8-12(9)13-6-11-10(7-19-13)3-5-18-14(11)15(16)20/h2-8H,1H3,(H2,16,20). The Labute approximate surface area is 115 Å². The van der Waals surface area contributed by atoms with Crippen molar-refractivity contribution in [1.29, 1.82) is 0 Å². The normalized spacial score (nSPS) is 10.7. The number of aryl methyl sites for hydroxylation is 1. The Morgan fingerprint density at radius 1 is 1.15 bits per heavy atom. The van der Waals surface area contributed by atoms with Crippen LogP contribution in [0.15, 0.2) is 43.0 Å². The Kier molecular flexibility index (Phi) is 2.87. The van der Waals surface area contributed by atoms with Gasteiger partial charge in [0.1, 0.15) is 5.69 Å². The summed E-state index contributed by atoms with van der Waals surface area (Å²) in [4.78, 5) is 24.0. The minimum Gasteiger partial charge on any atom is -0.364 e. The van der Waals surface area contributed by atoms with Gasteiger partial charge in [0.15, 0.2) is 0 Å². The van der Waals surface area contributed by atoms with Crippen molar-refractivity contribution in [3.63, 3.8) is 0 Å². The van der Waals surface area contributed by atoms with Crippen LogP contribution >= 0.6 is 0 Å². The van der Waals surface area contributed by atoms with Gasteiger partial charge < -0.3 is 5.73 Å². The third-order valence-electron chi connectivity index (χ3n) is 3.20. The van der Waals surface area contributed by atoms with Gasteiger partial charge in [-0.1, -0.05) is 0 Å². The van der Waals surface area contributed by atoms with E-state index in [2.05, 4.69) is 15.0 Å². The Morgan fingerprint density at radius 3 is 2.75 bits per heavy atom. The van der Waals surface area contributed by atoms with Gasteiger partial charge in [0.2, 0.25) is 0 Å². The molecule has 5 heteroatoms. The quantitative estimate of drug-likeness (QED) is 0.768. The number of carbonyl (C=O) groups excluding carboxylic acids is 1. The molecule has 0 spiro atoms. The number of hydrogen-bond donors (Lipinski definition) is 1. The zero-order valence-corrected chi connectivity index (χ0v) is 10.9. The summed E-state index contributed by atoms with van der Waals surface area (Å²) in [5.41, 5.74) is 8.36. The predicted octanol–water partition coefficient (Wildman–Crippen LogP) is 2.10. The number of primary amides is 1. The number of nitrogens with two attached hydrogens (primary N) is 1. The summed E-state index contributed by atoms with van der Waals surface area (Å²) in [6.45, 7) is 1.99. The van der Waals surface area contributed by atoms with Gasteiger partial charge in [-0.2, -0.15) is 0 Å². The highest BCUT2D eigenvalue weighted by atomic mass is 16.1. The summed E-state index contributed by atoms with van der Waals surface area (Å²) in [6.07, 6.45) is 6.75. The van der Waals surface area contributed by atoms with Crippen LogP contribution in [0.1, 0.15) is 16.1 Å². The maximum absolute atomic E-state index is 11.5. The summed E-state index contributed by atoms with van der Waals surface area (Å²) in [7, 11) is 0. The van der Waals surface area contributed by atoms with E-state index in [9.17, 15) is 4.79 Å². The molecule has 0 aromatic carbocycles. The van der Waals surface area contributed by atoms with E-state index in [-0.39, 0.29) is 5.69 Å². The first-order valence-electron chi connectivity index (χ1n) is 6.12. The predicted molar refractivity (Wildman–Crippen MR) is 76.0 cm³/mol. The van der Waals surface area contributed by atoms with Crippen LogP contribution in [0.4, 0.5) is 0 Å². The second kappa shape index (κ2) is 4.70. The second-order valence-corrected chi connectivity index (χ2v) is 4.51. The second-order valence-electron chi connectivity index (χ2n) is 4.51. The van der Waals surface area contributed by atoms with Gasteiger partial charge in [0.05, 0.1) is 5.69 Å². The van der Waals surface area contributed by atoms with E-state index in [0.29, 0.717) is 5.39 Å². The van der Waals surface area contributed by atoms with Crippen molar-refractivity contribution in [3.8, 4) is 11.3 Å². The maximum atomic E-state index is 11.5. The fourth-order valence-electron chi connectivity index (χ4n) is 2.14. The van der Waals surface area contributed by atoms with E-state index in [4.69, 9.17) is 5.73 Å². The Balaban J connectivity index is 2.27. The Bertz CT molecular complexity index is 814. The molecule has 3 aromatic heterocycles. The largest absolute Gasteiger partial charge is 0.364 e. The summed E-state index contributed by atoms with van der Waals surface area (Å²) < 4.78 is 0. The SMILES string of the molecule is Cc1ccncc1-c1cc2c(C(N)=O)nccc2cn1. The third kappa shape index (κ3) is 1.99. The van der Waals surface area contributed by atoms with Crippen molar-refractivity contribution >= 4 is 16.7 Å². The monoisotopic (exact) mass is 264 g/mol. The average Bonchev–Trinajstić information content (AvgIpc) is 2.46. The van der Waals surface area contributed by atoms with Crippen molar-refractivity contribution in [2.24, 2.45) is 5.73 Å². The van der Waals surface area contributed by atoms with Crippen LogP contribution in [-0.4, -0.2) is 20.9 Å². The van der Waals surface area contributed by atoms with E-state index in [1.165, 1.54) is 0 Å². The van der Waals surface area contributed by atoms with E-state index in [0.717, 1.165) is 22.2 Å². The minimum absolute atomic E-state index is 0.257. The van der Waals surface area contributed by atoms with Crippen LogP contribution in [0.3, 0.4) is 0 Å². The molecule has 0 radical (unpaired) electrons. The number of aromatic nitrogens is 3. The minimum atomic E-state index is -0.546. The fraction of sp³-hybridized carbons (Fsp3) is 0.0667. The lowest BCUT2D eigenvalue weighted by Gasteiger charge is -2.07. The molecule has 98 valence electrons. The number of fused-ring (bicyclic) bond motifs is 1. The molecule has 20 heavy (non-hydrogen) atoms. The van der Waals surface area contributed by atoms with Gasteiger partial charge in [0.25, 0.3) is 5.91 Å². The lowest BCUT2D eigenvalue weighted by Crippen LogP contribution is -2.13. The van der Waals surface area contributed by atoms with Crippen LogP contribution in [0.5, 0.6) is 0 Å². The molecule has 3 heterocycles. The molecule has 5 nitrogen and oxygen atoms in total. The van der Waals surface area contributed by atoms with Crippen molar-refractivity contribution in [1.82, 2.24) is 15.0 Å². The molecule has 0 aliphatic carbocycles. The number of carbonyl (C=O) groups is 1. The van der Waals surface area contributed by atoms with Crippen molar-refractivity contribution in [2.75, 3.05) is 0 Å². The van der Waals surface area contributed by atoms with Crippen molar-refractivity contribution in [3.05, 3.63) is 54.2 Å². The lowest BCUT2D eigenvalue weighted by atomic mass is 10.0. The highest BCUT2D eigenvalue weighted by Crippen LogP contribution is 2.25. The van der Waals surface area contributed by atoms with Crippen molar-refractivity contribution < 1.29 is 4.79 Å². The highest BCUT2D eigenvalue weighted by molar-refractivity contribution is 6.05. The summed E-state index contributed by atoms with van der Waals surface area (Å²) in [6, 6.07) is 5.54. The van der Waals surface area contributed by atoms with Crippen LogP contribution in [0.2, 0.25) is 0 Å². The number of rotatable bonds is 2. The molecule has 3 aromatic rings. The van der Waals surface area contributed by atoms with E-state index in [1.807, 2.05) is 19.1 Å². The van der Waals surface area contributed by atoms with Crippen LogP contribution in [0.25, 0.3) is 22.0 Å².